The maximum Gasteiger partial charge on any atom is 0.192 e. The Morgan fingerprint density at radius 2 is 1.61 bits per heavy atom. The Kier molecular flexibility index (Phi) is 6.93. The van der Waals surface area contributed by atoms with Gasteiger partial charge in [0.05, 0.1) is 25.1 Å². The van der Waals surface area contributed by atoms with Gasteiger partial charge in [0.25, 0.3) is 0 Å². The van der Waals surface area contributed by atoms with Crippen LogP contribution >= 0.6 is 0 Å². The highest BCUT2D eigenvalue weighted by molar-refractivity contribution is 6.74. The number of anilines is 1. The monoisotopic (exact) mass is 493 g/mol. The molecule has 33 heavy (non-hydrogen) atoms. The zero-order valence-corrected chi connectivity index (χ0v) is 24.3. The molecule has 0 radical (unpaired) electrons. The molecule has 1 aliphatic heterocycles. The van der Waals surface area contributed by atoms with Gasteiger partial charge in [-0.1, -0.05) is 48.5 Å². The van der Waals surface area contributed by atoms with Crippen LogP contribution in [0.25, 0.3) is 11.2 Å². The van der Waals surface area contributed by atoms with Crippen molar-refractivity contribution >= 4 is 33.6 Å². The molecule has 0 bridgehead atoms. The largest absolute Gasteiger partial charge is 0.414 e. The van der Waals surface area contributed by atoms with Gasteiger partial charge in [-0.15, -0.1) is 0 Å². The smallest absolute Gasteiger partial charge is 0.192 e. The van der Waals surface area contributed by atoms with E-state index in [1.807, 2.05) is 4.57 Å². The molecule has 1 unspecified atom stereocenters. The number of nitrogens with zero attached hydrogens (tertiary/aromatic N) is 4. The van der Waals surface area contributed by atoms with Gasteiger partial charge in [0.1, 0.15) is 11.8 Å². The third-order valence-corrected chi connectivity index (χ3v) is 17.0. The molecule has 1 fully saturated rings. The van der Waals surface area contributed by atoms with Crippen molar-refractivity contribution in [2.24, 2.45) is 5.92 Å². The highest BCUT2D eigenvalue weighted by Crippen LogP contribution is 2.45. The summed E-state index contributed by atoms with van der Waals surface area (Å²) in [5.41, 5.74) is 7.29. The molecular formula is C23H43N5O3Si2. The number of ether oxygens (including phenoxy) is 1. The Hall–Kier alpha value is -1.34. The minimum atomic E-state index is -2.07. The predicted molar refractivity (Wildman–Crippen MR) is 138 cm³/mol. The summed E-state index contributed by atoms with van der Waals surface area (Å²) >= 11 is 0. The number of rotatable bonds is 6. The second-order valence-electron chi connectivity index (χ2n) is 12.4. The molecule has 0 aromatic carbocycles. The first-order valence-corrected chi connectivity index (χ1v) is 17.7. The summed E-state index contributed by atoms with van der Waals surface area (Å²) in [6.45, 7) is 25.4. The fourth-order valence-electron chi connectivity index (χ4n) is 3.51. The SMILES string of the molecule is C[C@@H]1C(O[Si](C)(C)C(C)(C)C)[C@H](n2cnc3c(N)ncnc32)O[C@@H]1CO[Si](C)(C)C(C)(C)C. The summed E-state index contributed by atoms with van der Waals surface area (Å²) in [6.07, 6.45) is 2.62. The van der Waals surface area contributed by atoms with Crippen molar-refractivity contribution < 1.29 is 13.6 Å². The van der Waals surface area contributed by atoms with E-state index in [4.69, 9.17) is 19.3 Å². The van der Waals surface area contributed by atoms with Crippen molar-refractivity contribution in [1.29, 1.82) is 0 Å². The van der Waals surface area contributed by atoms with Crippen molar-refractivity contribution in [1.82, 2.24) is 19.5 Å². The fourth-order valence-corrected chi connectivity index (χ4v) is 5.89. The summed E-state index contributed by atoms with van der Waals surface area (Å²) in [5, 5.41) is 0.219. The number of fused-ring (bicyclic) bond motifs is 1. The molecule has 186 valence electrons. The lowest BCUT2D eigenvalue weighted by Crippen LogP contribution is -2.47. The lowest BCUT2D eigenvalue weighted by atomic mass is 10.0. The zero-order chi connectivity index (χ0) is 25.0. The van der Waals surface area contributed by atoms with Crippen molar-refractivity contribution in [2.75, 3.05) is 12.3 Å². The van der Waals surface area contributed by atoms with Crippen LogP contribution in [0.5, 0.6) is 0 Å². The molecule has 4 atom stereocenters. The van der Waals surface area contributed by atoms with Gasteiger partial charge >= 0.3 is 0 Å². The van der Waals surface area contributed by atoms with Crippen molar-refractivity contribution in [3.63, 3.8) is 0 Å². The molecule has 0 spiro atoms. The molecule has 2 N–H and O–H groups in total. The third-order valence-electron chi connectivity index (χ3n) is 8.01. The molecule has 1 aliphatic rings. The van der Waals surface area contributed by atoms with Crippen LogP contribution in [0.3, 0.4) is 0 Å². The van der Waals surface area contributed by atoms with E-state index in [0.29, 0.717) is 23.6 Å². The zero-order valence-electron chi connectivity index (χ0n) is 22.3. The van der Waals surface area contributed by atoms with E-state index in [1.165, 1.54) is 6.33 Å². The third kappa shape index (κ3) is 5.05. The standard InChI is InChI=1S/C23H43N5O3Si2/c1-15-16(12-29-32(8,9)22(2,3)4)30-21(18(15)31-33(10,11)23(5,6)7)28-14-27-17-19(24)25-13-26-20(17)28/h13-16,18,21H,12H2,1-11H3,(H2,24,25,26)/t15-,16+,18?,21+/m0/s1. The van der Waals surface area contributed by atoms with Crippen LogP contribution in [-0.2, 0) is 13.6 Å². The summed E-state index contributed by atoms with van der Waals surface area (Å²) in [4.78, 5) is 13.0. The molecule has 3 heterocycles. The minimum Gasteiger partial charge on any atom is -0.414 e. The maximum absolute atomic E-state index is 6.97. The molecule has 10 heteroatoms. The van der Waals surface area contributed by atoms with Crippen LogP contribution in [-0.4, -0.2) is 55.0 Å². The second kappa shape index (κ2) is 8.71. The molecule has 3 rings (SSSR count). The highest BCUT2D eigenvalue weighted by atomic mass is 28.4. The van der Waals surface area contributed by atoms with Gasteiger partial charge in [0.2, 0.25) is 0 Å². The number of imidazole rings is 1. The normalized spacial score (nSPS) is 25.2. The van der Waals surface area contributed by atoms with Gasteiger partial charge in [0, 0.05) is 5.92 Å². The van der Waals surface area contributed by atoms with E-state index in [-0.39, 0.29) is 34.4 Å². The summed E-state index contributed by atoms with van der Waals surface area (Å²) in [5.74, 6) is 0.509. The van der Waals surface area contributed by atoms with E-state index in [9.17, 15) is 0 Å². The number of aromatic nitrogens is 4. The average Bonchev–Trinajstić information content (AvgIpc) is 3.21. The van der Waals surface area contributed by atoms with Crippen LogP contribution < -0.4 is 5.73 Å². The van der Waals surface area contributed by atoms with E-state index < -0.39 is 16.6 Å². The van der Waals surface area contributed by atoms with Crippen LogP contribution in [0.2, 0.25) is 36.3 Å². The van der Waals surface area contributed by atoms with E-state index in [2.05, 4.69) is 89.6 Å². The number of nitrogens with two attached hydrogens (primary N) is 1. The summed E-state index contributed by atoms with van der Waals surface area (Å²) < 4.78 is 22.1. The van der Waals surface area contributed by atoms with Crippen molar-refractivity contribution in [3.8, 4) is 0 Å². The van der Waals surface area contributed by atoms with E-state index >= 15 is 0 Å². The Balaban J connectivity index is 1.95. The molecule has 1 saturated heterocycles. The highest BCUT2D eigenvalue weighted by Gasteiger charge is 2.50. The fraction of sp³-hybridized carbons (Fsp3) is 0.783. The lowest BCUT2D eigenvalue weighted by Gasteiger charge is -2.40. The number of hydrogen-bond acceptors (Lipinski definition) is 7. The first-order valence-electron chi connectivity index (χ1n) is 11.9. The average molecular weight is 494 g/mol. The molecule has 2 aromatic heterocycles. The van der Waals surface area contributed by atoms with Crippen LogP contribution in [0.15, 0.2) is 12.7 Å². The number of hydrogen-bond donors (Lipinski definition) is 1. The summed E-state index contributed by atoms with van der Waals surface area (Å²) in [6, 6.07) is 0. The predicted octanol–water partition coefficient (Wildman–Crippen LogP) is 5.35. The molecule has 8 nitrogen and oxygen atoms in total. The Morgan fingerprint density at radius 3 is 2.18 bits per heavy atom. The van der Waals surface area contributed by atoms with Crippen LogP contribution in [0.4, 0.5) is 5.82 Å². The topological polar surface area (TPSA) is 97.3 Å². The van der Waals surface area contributed by atoms with E-state index in [1.54, 1.807) is 6.33 Å². The summed E-state index contributed by atoms with van der Waals surface area (Å²) in [7, 11) is -3.98. The lowest BCUT2D eigenvalue weighted by molar-refractivity contribution is -0.0450. The molecule has 0 aliphatic carbocycles. The van der Waals surface area contributed by atoms with Gasteiger partial charge in [-0.2, -0.15) is 0 Å². The molecule has 0 saturated carbocycles. The van der Waals surface area contributed by atoms with Crippen molar-refractivity contribution in [3.05, 3.63) is 12.7 Å². The van der Waals surface area contributed by atoms with Gasteiger partial charge in [-0.3, -0.25) is 4.57 Å². The van der Waals surface area contributed by atoms with E-state index in [0.717, 1.165) is 0 Å². The van der Waals surface area contributed by atoms with Gasteiger partial charge in [-0.05, 0) is 36.3 Å². The quantitative estimate of drug-likeness (QED) is 0.541. The Morgan fingerprint density at radius 1 is 1.00 bits per heavy atom. The van der Waals surface area contributed by atoms with Crippen molar-refractivity contribution in [2.45, 2.75) is 103 Å². The van der Waals surface area contributed by atoms with Gasteiger partial charge < -0.3 is 19.3 Å². The molecule has 2 aromatic rings. The maximum atomic E-state index is 6.97. The Labute approximate surface area is 200 Å². The van der Waals surface area contributed by atoms with Crippen LogP contribution in [0.1, 0.15) is 54.7 Å². The molecule has 0 amide bonds. The molecular weight excluding hydrogens is 450 g/mol. The van der Waals surface area contributed by atoms with Crippen LogP contribution in [0, 0.1) is 5.92 Å². The first-order chi connectivity index (χ1) is 15.0. The Bertz CT molecular complexity index is 981. The first kappa shape index (κ1) is 26.3. The van der Waals surface area contributed by atoms with Gasteiger partial charge in [-0.25, -0.2) is 15.0 Å². The van der Waals surface area contributed by atoms with Gasteiger partial charge in [0.15, 0.2) is 34.3 Å². The minimum absolute atomic E-state index is 0.0800. The number of nitrogen functional groups attached to an aromatic ring is 1. The second-order valence-corrected chi connectivity index (χ2v) is 22.0.